The van der Waals surface area contributed by atoms with E-state index in [-0.39, 0.29) is 5.91 Å². The Labute approximate surface area is 85.7 Å². The highest BCUT2D eigenvalue weighted by atomic mass is 79.9. The monoisotopic (exact) mass is 242 g/mol. The van der Waals surface area contributed by atoms with Crippen LogP contribution in [0.25, 0.3) is 0 Å². The lowest BCUT2D eigenvalue weighted by Crippen LogP contribution is -2.21. The van der Waals surface area contributed by atoms with Crippen LogP contribution in [-0.4, -0.2) is 24.9 Å². The van der Waals surface area contributed by atoms with Crippen molar-refractivity contribution in [3.63, 3.8) is 0 Å². The average Bonchev–Trinajstić information content (AvgIpc) is 2.08. The molecule has 70 valence electrons. The highest BCUT2D eigenvalue weighted by Crippen LogP contribution is 2.20. The van der Waals surface area contributed by atoms with Crippen molar-refractivity contribution < 1.29 is 4.79 Å². The van der Waals surface area contributed by atoms with Gasteiger partial charge in [0, 0.05) is 29.8 Å². The maximum absolute atomic E-state index is 11.5. The van der Waals surface area contributed by atoms with Gasteiger partial charge in [-0.1, -0.05) is 0 Å². The molecule has 0 saturated carbocycles. The number of carbonyl (C=O) groups is 1. The summed E-state index contributed by atoms with van der Waals surface area (Å²) >= 11 is 3.27. The lowest BCUT2D eigenvalue weighted by atomic mass is 10.2. The van der Waals surface area contributed by atoms with Crippen LogP contribution in [0.4, 0.5) is 5.69 Å². The number of hydrogen-bond acceptors (Lipinski definition) is 2. The zero-order chi connectivity index (χ0) is 10.0. The average molecular weight is 243 g/mol. The highest BCUT2D eigenvalue weighted by Gasteiger charge is 2.08. The zero-order valence-corrected chi connectivity index (χ0v) is 9.13. The first kappa shape index (κ1) is 10.1. The molecule has 0 aliphatic carbocycles. The summed E-state index contributed by atoms with van der Waals surface area (Å²) in [7, 11) is 3.43. The first-order chi connectivity index (χ1) is 6.02. The summed E-state index contributed by atoms with van der Waals surface area (Å²) in [5.74, 6) is -0.0271. The normalized spacial score (nSPS) is 9.77. The maximum atomic E-state index is 11.5. The van der Waals surface area contributed by atoms with Crippen molar-refractivity contribution in [1.82, 2.24) is 4.90 Å². The van der Waals surface area contributed by atoms with Crippen molar-refractivity contribution in [2.24, 2.45) is 0 Å². The predicted octanol–water partition coefficient (Wildman–Crippen LogP) is 1.73. The second-order valence-corrected chi connectivity index (χ2v) is 3.79. The number of amides is 1. The molecule has 0 aliphatic heterocycles. The molecule has 0 bridgehead atoms. The second kappa shape index (κ2) is 3.79. The number of hydrogen-bond donors (Lipinski definition) is 1. The van der Waals surface area contributed by atoms with Crippen LogP contribution in [0, 0.1) is 0 Å². The topological polar surface area (TPSA) is 46.3 Å². The van der Waals surface area contributed by atoms with E-state index in [1.807, 2.05) is 0 Å². The number of rotatable bonds is 1. The van der Waals surface area contributed by atoms with E-state index in [0.717, 1.165) is 4.47 Å². The Morgan fingerprint density at radius 1 is 1.46 bits per heavy atom. The van der Waals surface area contributed by atoms with E-state index in [4.69, 9.17) is 5.73 Å². The summed E-state index contributed by atoms with van der Waals surface area (Å²) in [5.41, 5.74) is 6.86. The molecule has 1 aromatic carbocycles. The number of halogens is 1. The molecule has 13 heavy (non-hydrogen) atoms. The maximum Gasteiger partial charge on any atom is 0.253 e. The molecule has 0 radical (unpaired) electrons. The minimum Gasteiger partial charge on any atom is -0.398 e. The summed E-state index contributed by atoms with van der Waals surface area (Å²) in [4.78, 5) is 13.0. The van der Waals surface area contributed by atoms with E-state index in [1.165, 1.54) is 4.90 Å². The molecule has 2 N–H and O–H groups in total. The van der Waals surface area contributed by atoms with Crippen LogP contribution < -0.4 is 5.73 Å². The van der Waals surface area contributed by atoms with E-state index in [2.05, 4.69) is 15.9 Å². The molecule has 3 nitrogen and oxygen atoms in total. The third-order valence-electron chi connectivity index (χ3n) is 1.65. The molecule has 1 aromatic rings. The van der Waals surface area contributed by atoms with Gasteiger partial charge in [0.05, 0.1) is 0 Å². The van der Waals surface area contributed by atoms with Crippen LogP contribution in [0.3, 0.4) is 0 Å². The molecule has 1 amide bonds. The van der Waals surface area contributed by atoms with Gasteiger partial charge in [0.15, 0.2) is 0 Å². The van der Waals surface area contributed by atoms with Gasteiger partial charge in [0.1, 0.15) is 0 Å². The standard InChI is InChI=1S/C9H11BrN2O/c1-12(2)9(13)6-3-4-8(11)7(10)5-6/h3-5H,11H2,1-2H3. The van der Waals surface area contributed by atoms with Crippen molar-refractivity contribution in [3.05, 3.63) is 28.2 Å². The predicted molar refractivity (Wildman–Crippen MR) is 56.6 cm³/mol. The van der Waals surface area contributed by atoms with E-state index < -0.39 is 0 Å². The van der Waals surface area contributed by atoms with Crippen LogP contribution >= 0.6 is 15.9 Å². The van der Waals surface area contributed by atoms with E-state index in [1.54, 1.807) is 32.3 Å². The Morgan fingerprint density at radius 2 is 2.08 bits per heavy atom. The molecule has 0 fully saturated rings. The van der Waals surface area contributed by atoms with Gasteiger partial charge in [-0.25, -0.2) is 0 Å². The Balaban J connectivity index is 3.04. The van der Waals surface area contributed by atoms with Crippen LogP contribution in [0.1, 0.15) is 10.4 Å². The molecule has 0 unspecified atom stereocenters. The van der Waals surface area contributed by atoms with Crippen molar-refractivity contribution in [2.75, 3.05) is 19.8 Å². The van der Waals surface area contributed by atoms with Gasteiger partial charge in [-0.15, -0.1) is 0 Å². The number of nitrogens with two attached hydrogens (primary N) is 1. The van der Waals surface area contributed by atoms with Crippen LogP contribution in [0.5, 0.6) is 0 Å². The first-order valence-corrected chi connectivity index (χ1v) is 4.58. The van der Waals surface area contributed by atoms with Crippen LogP contribution in [-0.2, 0) is 0 Å². The number of nitrogens with zero attached hydrogens (tertiary/aromatic N) is 1. The number of anilines is 1. The summed E-state index contributed by atoms with van der Waals surface area (Å²) in [5, 5.41) is 0. The molecule has 4 heteroatoms. The number of benzene rings is 1. The summed E-state index contributed by atoms with van der Waals surface area (Å²) in [6.45, 7) is 0. The fourth-order valence-corrected chi connectivity index (χ4v) is 1.30. The van der Waals surface area contributed by atoms with E-state index >= 15 is 0 Å². The van der Waals surface area contributed by atoms with Gasteiger partial charge >= 0.3 is 0 Å². The van der Waals surface area contributed by atoms with Crippen molar-refractivity contribution in [1.29, 1.82) is 0 Å². The van der Waals surface area contributed by atoms with Gasteiger partial charge in [0.2, 0.25) is 0 Å². The minimum absolute atomic E-state index is 0.0271. The molecule has 0 saturated heterocycles. The summed E-state index contributed by atoms with van der Waals surface area (Å²) < 4.78 is 0.750. The van der Waals surface area contributed by atoms with Gasteiger partial charge in [-0.05, 0) is 34.1 Å². The molecular weight excluding hydrogens is 232 g/mol. The third-order valence-corrected chi connectivity index (χ3v) is 2.34. The molecule has 0 spiro atoms. The summed E-state index contributed by atoms with van der Waals surface area (Å²) in [6.07, 6.45) is 0. The Morgan fingerprint density at radius 3 is 2.54 bits per heavy atom. The smallest absolute Gasteiger partial charge is 0.253 e. The fourth-order valence-electron chi connectivity index (χ4n) is 0.918. The Hall–Kier alpha value is -1.03. The summed E-state index contributed by atoms with van der Waals surface area (Å²) in [6, 6.07) is 5.14. The molecule has 0 atom stereocenters. The van der Waals surface area contributed by atoms with Crippen molar-refractivity contribution in [3.8, 4) is 0 Å². The number of nitrogen functional groups attached to an aromatic ring is 1. The lowest BCUT2D eigenvalue weighted by Gasteiger charge is -2.10. The fraction of sp³-hybridized carbons (Fsp3) is 0.222. The van der Waals surface area contributed by atoms with Gasteiger partial charge in [0.25, 0.3) is 5.91 Å². The van der Waals surface area contributed by atoms with Gasteiger partial charge in [-0.2, -0.15) is 0 Å². The molecular formula is C9H11BrN2O. The molecule has 1 rings (SSSR count). The quantitative estimate of drug-likeness (QED) is 0.763. The second-order valence-electron chi connectivity index (χ2n) is 2.94. The molecule has 0 aromatic heterocycles. The SMILES string of the molecule is CN(C)C(=O)c1ccc(N)c(Br)c1. The van der Waals surface area contributed by atoms with Crippen LogP contribution in [0.2, 0.25) is 0 Å². The Bertz CT molecular complexity index is 336. The van der Waals surface area contributed by atoms with Gasteiger partial charge in [-0.3, -0.25) is 4.79 Å². The van der Waals surface area contributed by atoms with E-state index in [9.17, 15) is 4.79 Å². The lowest BCUT2D eigenvalue weighted by molar-refractivity contribution is 0.0827. The number of carbonyl (C=O) groups excluding carboxylic acids is 1. The van der Waals surface area contributed by atoms with Crippen LogP contribution in [0.15, 0.2) is 22.7 Å². The minimum atomic E-state index is -0.0271. The molecule has 0 aliphatic rings. The zero-order valence-electron chi connectivity index (χ0n) is 7.54. The highest BCUT2D eigenvalue weighted by molar-refractivity contribution is 9.10. The van der Waals surface area contributed by atoms with E-state index in [0.29, 0.717) is 11.3 Å². The first-order valence-electron chi connectivity index (χ1n) is 3.79. The molecule has 0 heterocycles. The Kier molecular flexibility index (Phi) is 2.93. The van der Waals surface area contributed by atoms with Crippen molar-refractivity contribution in [2.45, 2.75) is 0 Å². The third kappa shape index (κ3) is 2.21. The van der Waals surface area contributed by atoms with Crippen molar-refractivity contribution >= 4 is 27.5 Å². The largest absolute Gasteiger partial charge is 0.398 e. The van der Waals surface area contributed by atoms with Gasteiger partial charge < -0.3 is 10.6 Å².